The Morgan fingerprint density at radius 3 is 3.18 bits per heavy atom. The average molecular weight is 155 g/mol. The molecule has 0 aromatic carbocycles. The molecule has 0 saturated heterocycles. The second kappa shape index (κ2) is 5.13. The highest BCUT2D eigenvalue weighted by Gasteiger charge is 2.02. The molecule has 0 aromatic heterocycles. The van der Waals surface area contributed by atoms with E-state index < -0.39 is 0 Å². The van der Waals surface area contributed by atoms with Gasteiger partial charge in [0.05, 0.1) is 12.9 Å². The molecule has 1 heterocycles. The van der Waals surface area contributed by atoms with Gasteiger partial charge >= 0.3 is 0 Å². The van der Waals surface area contributed by atoms with Gasteiger partial charge in [0.2, 0.25) is 0 Å². The molecule has 0 saturated carbocycles. The maximum Gasteiger partial charge on any atom is 0.0851 e. The molecule has 1 N–H and O–H groups in total. The summed E-state index contributed by atoms with van der Waals surface area (Å²) >= 11 is 0. The predicted molar refractivity (Wildman–Crippen MR) is 48.1 cm³/mol. The molecule has 0 aromatic rings. The van der Waals surface area contributed by atoms with Gasteiger partial charge < -0.3 is 10.2 Å². The summed E-state index contributed by atoms with van der Waals surface area (Å²) in [5.41, 5.74) is 0. The smallest absolute Gasteiger partial charge is 0.0851 e. The van der Waals surface area contributed by atoms with Crippen LogP contribution in [0.25, 0.3) is 0 Å². The molecule has 1 aliphatic heterocycles. The van der Waals surface area contributed by atoms with Gasteiger partial charge in [0.1, 0.15) is 0 Å². The van der Waals surface area contributed by atoms with Crippen molar-refractivity contribution >= 4 is 6.34 Å². The number of rotatable bonds is 5. The van der Waals surface area contributed by atoms with Crippen LogP contribution in [0.3, 0.4) is 0 Å². The molecule has 0 unspecified atom stereocenters. The summed E-state index contributed by atoms with van der Waals surface area (Å²) in [6, 6.07) is 0. The third-order valence-electron chi connectivity index (χ3n) is 1.81. The van der Waals surface area contributed by atoms with E-state index in [1.54, 1.807) is 0 Å². The second-order valence-electron chi connectivity index (χ2n) is 2.76. The Morgan fingerprint density at radius 2 is 2.55 bits per heavy atom. The molecule has 1 aliphatic rings. The van der Waals surface area contributed by atoms with Crippen LogP contribution in [0.1, 0.15) is 13.3 Å². The minimum Gasteiger partial charge on any atom is -0.361 e. The zero-order chi connectivity index (χ0) is 7.94. The highest BCUT2D eigenvalue weighted by atomic mass is 15.2. The zero-order valence-corrected chi connectivity index (χ0v) is 7.21. The summed E-state index contributed by atoms with van der Waals surface area (Å²) in [5.74, 6) is 0. The summed E-state index contributed by atoms with van der Waals surface area (Å²) in [6.07, 6.45) is 3.19. The molecule has 0 atom stereocenters. The predicted octanol–water partition coefficient (Wildman–Crippen LogP) is 0.330. The van der Waals surface area contributed by atoms with Crippen molar-refractivity contribution < 1.29 is 0 Å². The summed E-state index contributed by atoms with van der Waals surface area (Å²) in [6.45, 7) is 7.59. The van der Waals surface area contributed by atoms with Crippen LogP contribution in [0, 0.1) is 0 Å². The minimum absolute atomic E-state index is 0.987. The first-order chi connectivity index (χ1) is 5.43. The summed E-state index contributed by atoms with van der Waals surface area (Å²) in [5, 5.41) is 3.30. The van der Waals surface area contributed by atoms with E-state index in [0.717, 1.165) is 32.7 Å². The van der Waals surface area contributed by atoms with Gasteiger partial charge in [-0.25, -0.2) is 0 Å². The Balaban J connectivity index is 1.90. The van der Waals surface area contributed by atoms with Crippen LogP contribution in [0.2, 0.25) is 0 Å². The molecular weight excluding hydrogens is 138 g/mol. The second-order valence-corrected chi connectivity index (χ2v) is 2.76. The number of hydrogen-bond donors (Lipinski definition) is 1. The number of aliphatic imine (C=N–C) groups is 1. The highest BCUT2D eigenvalue weighted by Crippen LogP contribution is 1.93. The Hall–Kier alpha value is -0.570. The average Bonchev–Trinajstić information content (AvgIpc) is 2.50. The van der Waals surface area contributed by atoms with Crippen LogP contribution >= 0.6 is 0 Å². The molecule has 11 heavy (non-hydrogen) atoms. The van der Waals surface area contributed by atoms with Crippen molar-refractivity contribution in [2.75, 3.05) is 32.7 Å². The van der Waals surface area contributed by atoms with Crippen LogP contribution in [0.15, 0.2) is 4.99 Å². The van der Waals surface area contributed by atoms with E-state index in [-0.39, 0.29) is 0 Å². The van der Waals surface area contributed by atoms with Gasteiger partial charge in [-0.1, -0.05) is 6.92 Å². The molecule has 3 heteroatoms. The first kappa shape index (κ1) is 8.53. The first-order valence-electron chi connectivity index (χ1n) is 4.38. The first-order valence-corrected chi connectivity index (χ1v) is 4.38. The summed E-state index contributed by atoms with van der Waals surface area (Å²) < 4.78 is 0. The van der Waals surface area contributed by atoms with Crippen molar-refractivity contribution in [2.45, 2.75) is 13.3 Å². The molecule has 0 spiro atoms. The third kappa shape index (κ3) is 3.37. The van der Waals surface area contributed by atoms with Gasteiger partial charge in [0, 0.05) is 13.1 Å². The van der Waals surface area contributed by atoms with Gasteiger partial charge in [-0.05, 0) is 19.5 Å². The van der Waals surface area contributed by atoms with Crippen molar-refractivity contribution in [2.24, 2.45) is 4.99 Å². The molecule has 0 aliphatic carbocycles. The molecular formula is C8H17N3. The lowest BCUT2D eigenvalue weighted by Crippen LogP contribution is -2.24. The van der Waals surface area contributed by atoms with E-state index in [9.17, 15) is 0 Å². The van der Waals surface area contributed by atoms with Crippen molar-refractivity contribution in [3.8, 4) is 0 Å². The Morgan fingerprint density at radius 1 is 1.64 bits per heavy atom. The van der Waals surface area contributed by atoms with E-state index in [0.29, 0.717) is 0 Å². The van der Waals surface area contributed by atoms with Crippen molar-refractivity contribution in [3.05, 3.63) is 0 Å². The fourth-order valence-electron chi connectivity index (χ4n) is 1.17. The van der Waals surface area contributed by atoms with E-state index >= 15 is 0 Å². The van der Waals surface area contributed by atoms with Gasteiger partial charge in [-0.2, -0.15) is 0 Å². The van der Waals surface area contributed by atoms with Crippen molar-refractivity contribution in [3.63, 3.8) is 0 Å². The van der Waals surface area contributed by atoms with Gasteiger partial charge in [0.25, 0.3) is 0 Å². The van der Waals surface area contributed by atoms with E-state index in [2.05, 4.69) is 22.1 Å². The van der Waals surface area contributed by atoms with Crippen molar-refractivity contribution in [1.82, 2.24) is 10.2 Å². The van der Waals surface area contributed by atoms with Gasteiger partial charge in [-0.15, -0.1) is 0 Å². The van der Waals surface area contributed by atoms with Crippen LogP contribution in [0.5, 0.6) is 0 Å². The topological polar surface area (TPSA) is 27.6 Å². The summed E-state index contributed by atoms with van der Waals surface area (Å²) in [4.78, 5) is 6.42. The standard InChI is InChI=1S/C8H17N3/c1-2-9-4-3-6-11-7-5-10-8-11/h8-9H,2-7H2,1H3. The largest absolute Gasteiger partial charge is 0.361 e. The van der Waals surface area contributed by atoms with Crippen LogP contribution < -0.4 is 5.32 Å². The van der Waals surface area contributed by atoms with E-state index in [1.807, 2.05) is 6.34 Å². The molecule has 0 radical (unpaired) electrons. The van der Waals surface area contributed by atoms with Crippen LogP contribution in [-0.4, -0.2) is 44.0 Å². The molecule has 0 amide bonds. The zero-order valence-electron chi connectivity index (χ0n) is 7.21. The molecule has 3 nitrogen and oxygen atoms in total. The Labute approximate surface area is 68.5 Å². The normalized spacial score (nSPS) is 16.3. The number of hydrogen-bond acceptors (Lipinski definition) is 3. The number of nitrogens with one attached hydrogen (secondary N) is 1. The highest BCUT2D eigenvalue weighted by molar-refractivity contribution is 5.56. The maximum absolute atomic E-state index is 4.14. The third-order valence-corrected chi connectivity index (χ3v) is 1.81. The molecule has 64 valence electrons. The van der Waals surface area contributed by atoms with Crippen molar-refractivity contribution in [1.29, 1.82) is 0 Å². The number of nitrogens with zero attached hydrogens (tertiary/aromatic N) is 2. The SMILES string of the molecule is CCNCCCN1C=NCC1. The minimum atomic E-state index is 0.987. The maximum atomic E-state index is 4.14. The van der Waals surface area contributed by atoms with Gasteiger partial charge in [0.15, 0.2) is 0 Å². The fraction of sp³-hybridized carbons (Fsp3) is 0.875. The molecule has 0 fully saturated rings. The lowest BCUT2D eigenvalue weighted by molar-refractivity contribution is 0.448. The lowest BCUT2D eigenvalue weighted by atomic mass is 10.4. The lowest BCUT2D eigenvalue weighted by Gasteiger charge is -2.12. The van der Waals surface area contributed by atoms with Crippen LogP contribution in [0.4, 0.5) is 0 Å². The Bertz CT molecular complexity index is 123. The van der Waals surface area contributed by atoms with Gasteiger partial charge in [-0.3, -0.25) is 4.99 Å². The molecule has 0 bridgehead atoms. The quantitative estimate of drug-likeness (QED) is 0.579. The molecule has 1 rings (SSSR count). The van der Waals surface area contributed by atoms with Crippen LogP contribution in [-0.2, 0) is 0 Å². The Kier molecular flexibility index (Phi) is 3.98. The monoisotopic (exact) mass is 155 g/mol. The van der Waals surface area contributed by atoms with E-state index in [4.69, 9.17) is 0 Å². The summed E-state index contributed by atoms with van der Waals surface area (Å²) in [7, 11) is 0. The van der Waals surface area contributed by atoms with E-state index in [1.165, 1.54) is 6.42 Å². The fourth-order valence-corrected chi connectivity index (χ4v) is 1.17.